The topological polar surface area (TPSA) is 38.3 Å². The Bertz CT molecular complexity index is 825. The highest BCUT2D eigenvalue weighted by Gasteiger charge is 2.35. The Morgan fingerprint density at radius 1 is 1.19 bits per heavy atom. The molecule has 1 saturated heterocycles. The van der Waals surface area contributed by atoms with Gasteiger partial charge in [-0.05, 0) is 42.7 Å². The number of hydrogen-bond donors (Lipinski definition) is 1. The minimum absolute atomic E-state index is 0.0741. The van der Waals surface area contributed by atoms with Crippen molar-refractivity contribution < 1.29 is 13.9 Å². The maximum Gasteiger partial charge on any atom is 0.252 e. The summed E-state index contributed by atoms with van der Waals surface area (Å²) < 4.78 is 20.2. The number of amides is 1. The molecule has 2 aromatic rings. The Morgan fingerprint density at radius 3 is 2.62 bits per heavy atom. The maximum absolute atomic E-state index is 13.7. The monoisotopic (exact) mass is 459 g/mol. The molecule has 0 radical (unpaired) electrons. The molecule has 1 heterocycles. The fraction of sp³-hybridized carbons (Fsp3) is 0.316. The van der Waals surface area contributed by atoms with Gasteiger partial charge in [-0.3, -0.25) is 4.79 Å². The van der Waals surface area contributed by atoms with Crippen molar-refractivity contribution in [2.75, 3.05) is 19.8 Å². The Morgan fingerprint density at radius 2 is 1.92 bits per heavy atom. The fourth-order valence-electron chi connectivity index (χ4n) is 3.19. The van der Waals surface area contributed by atoms with Crippen molar-refractivity contribution in [3.63, 3.8) is 0 Å². The van der Waals surface area contributed by atoms with Gasteiger partial charge in [0.15, 0.2) is 0 Å². The smallest absolute Gasteiger partial charge is 0.252 e. The van der Waals surface area contributed by atoms with Crippen LogP contribution in [0.25, 0.3) is 0 Å². The Hall–Kier alpha value is -1.14. The molecule has 7 heteroatoms. The largest absolute Gasteiger partial charge is 0.381 e. The minimum Gasteiger partial charge on any atom is -0.381 e. The molecule has 1 aliphatic heterocycles. The van der Waals surface area contributed by atoms with E-state index in [-0.39, 0.29) is 21.0 Å². The Balaban J connectivity index is 1.82. The Kier molecular flexibility index (Phi) is 6.23. The number of nitrogens with one attached hydrogen (secondary N) is 1. The van der Waals surface area contributed by atoms with Crippen LogP contribution in [0, 0.1) is 5.82 Å². The van der Waals surface area contributed by atoms with E-state index < -0.39 is 11.7 Å². The molecular formula is C19H17BrCl2FNO2. The summed E-state index contributed by atoms with van der Waals surface area (Å²) in [6.07, 6.45) is 1.57. The predicted octanol–water partition coefficient (Wildman–Crippen LogP) is 5.37. The fourth-order valence-corrected chi connectivity index (χ4v) is 4.06. The highest BCUT2D eigenvalue weighted by atomic mass is 79.9. The molecule has 1 amide bonds. The summed E-state index contributed by atoms with van der Waals surface area (Å²) in [5.74, 6) is -1.10. The van der Waals surface area contributed by atoms with Crippen molar-refractivity contribution in [3.05, 3.63) is 67.9 Å². The lowest BCUT2D eigenvalue weighted by atomic mass is 9.74. The molecule has 1 N–H and O–H groups in total. The van der Waals surface area contributed by atoms with E-state index >= 15 is 0 Å². The van der Waals surface area contributed by atoms with Crippen molar-refractivity contribution in [3.8, 4) is 0 Å². The first kappa shape index (κ1) is 19.6. The quantitative estimate of drug-likeness (QED) is 0.622. The average Bonchev–Trinajstić information content (AvgIpc) is 2.63. The number of carbonyl (C=O) groups is 1. The summed E-state index contributed by atoms with van der Waals surface area (Å²) in [4.78, 5) is 12.6. The van der Waals surface area contributed by atoms with Gasteiger partial charge in [-0.25, -0.2) is 4.39 Å². The summed E-state index contributed by atoms with van der Waals surface area (Å²) in [5, 5.41) is 2.92. The SMILES string of the molecule is O=C(NCC1(c2cccc(Br)c2)CCOCC1)c1cc(F)c(Cl)cc1Cl. The molecule has 1 aliphatic rings. The van der Waals surface area contributed by atoms with Gasteiger partial charge in [0.25, 0.3) is 5.91 Å². The molecule has 3 rings (SSSR count). The molecular weight excluding hydrogens is 444 g/mol. The molecule has 0 aromatic heterocycles. The standard InChI is InChI=1S/C19H17BrCl2FNO2/c20-13-3-1-2-12(8-13)19(4-6-26-7-5-19)11-24-18(25)14-9-17(23)16(22)10-15(14)21/h1-3,8-10H,4-7,11H2,(H,24,25). The summed E-state index contributed by atoms with van der Waals surface area (Å²) in [6.45, 7) is 1.66. The molecule has 26 heavy (non-hydrogen) atoms. The maximum atomic E-state index is 13.7. The van der Waals surface area contributed by atoms with E-state index in [0.717, 1.165) is 28.9 Å². The first-order valence-electron chi connectivity index (χ1n) is 8.18. The second-order valence-electron chi connectivity index (χ2n) is 6.33. The van der Waals surface area contributed by atoms with Gasteiger partial charge in [0, 0.05) is 29.6 Å². The zero-order valence-corrected chi connectivity index (χ0v) is 16.9. The summed E-state index contributed by atoms with van der Waals surface area (Å²) in [7, 11) is 0. The number of benzene rings is 2. The van der Waals surface area contributed by atoms with Crippen LogP contribution in [0.1, 0.15) is 28.8 Å². The molecule has 0 unspecified atom stereocenters. The van der Waals surface area contributed by atoms with Crippen LogP contribution in [0.4, 0.5) is 4.39 Å². The lowest BCUT2D eigenvalue weighted by molar-refractivity contribution is 0.0487. The van der Waals surface area contributed by atoms with Gasteiger partial charge in [0.1, 0.15) is 5.82 Å². The van der Waals surface area contributed by atoms with Gasteiger partial charge in [-0.15, -0.1) is 0 Å². The average molecular weight is 461 g/mol. The van der Waals surface area contributed by atoms with Crippen LogP contribution < -0.4 is 5.32 Å². The van der Waals surface area contributed by atoms with E-state index in [1.165, 1.54) is 6.07 Å². The minimum atomic E-state index is -0.672. The number of halogens is 4. The predicted molar refractivity (Wildman–Crippen MR) is 105 cm³/mol. The van der Waals surface area contributed by atoms with Crippen LogP contribution in [0.3, 0.4) is 0 Å². The van der Waals surface area contributed by atoms with Crippen LogP contribution in [0.2, 0.25) is 10.0 Å². The van der Waals surface area contributed by atoms with Gasteiger partial charge >= 0.3 is 0 Å². The van der Waals surface area contributed by atoms with E-state index in [0.29, 0.717) is 19.8 Å². The van der Waals surface area contributed by atoms with Crippen molar-refractivity contribution in [1.82, 2.24) is 5.32 Å². The second kappa shape index (κ2) is 8.26. The molecule has 1 fully saturated rings. The number of hydrogen-bond acceptors (Lipinski definition) is 2. The van der Waals surface area contributed by atoms with Gasteiger partial charge in [0.05, 0.1) is 15.6 Å². The normalized spacial score (nSPS) is 16.3. The number of rotatable bonds is 4. The Labute approximate surface area is 170 Å². The van der Waals surface area contributed by atoms with E-state index in [9.17, 15) is 9.18 Å². The van der Waals surface area contributed by atoms with Gasteiger partial charge in [0.2, 0.25) is 0 Å². The van der Waals surface area contributed by atoms with E-state index in [4.69, 9.17) is 27.9 Å². The second-order valence-corrected chi connectivity index (χ2v) is 8.06. The van der Waals surface area contributed by atoms with E-state index in [1.807, 2.05) is 12.1 Å². The van der Waals surface area contributed by atoms with Gasteiger partial charge in [-0.1, -0.05) is 51.3 Å². The lowest BCUT2D eigenvalue weighted by Gasteiger charge is -2.38. The molecule has 0 saturated carbocycles. The third kappa shape index (κ3) is 4.22. The molecule has 2 aromatic carbocycles. The van der Waals surface area contributed by atoms with Crippen LogP contribution in [0.5, 0.6) is 0 Å². The van der Waals surface area contributed by atoms with Crippen LogP contribution >= 0.6 is 39.1 Å². The summed E-state index contributed by atoms with van der Waals surface area (Å²) in [5.41, 5.74) is 0.962. The highest BCUT2D eigenvalue weighted by Crippen LogP contribution is 2.35. The summed E-state index contributed by atoms with van der Waals surface area (Å²) in [6, 6.07) is 10.4. The number of ether oxygens (including phenoxy) is 1. The van der Waals surface area contributed by atoms with Crippen LogP contribution in [-0.2, 0) is 10.2 Å². The zero-order valence-electron chi connectivity index (χ0n) is 13.8. The molecule has 0 bridgehead atoms. The van der Waals surface area contributed by atoms with Gasteiger partial charge < -0.3 is 10.1 Å². The summed E-state index contributed by atoms with van der Waals surface area (Å²) >= 11 is 15.3. The first-order chi connectivity index (χ1) is 12.4. The number of carbonyl (C=O) groups excluding carboxylic acids is 1. The third-order valence-electron chi connectivity index (χ3n) is 4.73. The van der Waals surface area contributed by atoms with Crippen molar-refractivity contribution >= 4 is 45.0 Å². The van der Waals surface area contributed by atoms with Crippen LogP contribution in [0.15, 0.2) is 40.9 Å². The van der Waals surface area contributed by atoms with Gasteiger partial charge in [-0.2, -0.15) is 0 Å². The van der Waals surface area contributed by atoms with Crippen molar-refractivity contribution in [2.24, 2.45) is 0 Å². The first-order valence-corrected chi connectivity index (χ1v) is 9.73. The van der Waals surface area contributed by atoms with Crippen molar-refractivity contribution in [1.29, 1.82) is 0 Å². The van der Waals surface area contributed by atoms with Crippen LogP contribution in [-0.4, -0.2) is 25.7 Å². The zero-order chi connectivity index (χ0) is 18.7. The lowest BCUT2D eigenvalue weighted by Crippen LogP contribution is -2.44. The molecule has 0 spiro atoms. The molecule has 0 aliphatic carbocycles. The van der Waals surface area contributed by atoms with E-state index in [1.54, 1.807) is 0 Å². The third-order valence-corrected chi connectivity index (χ3v) is 5.82. The molecule has 0 atom stereocenters. The molecule has 138 valence electrons. The molecule has 3 nitrogen and oxygen atoms in total. The van der Waals surface area contributed by atoms with Crippen molar-refractivity contribution in [2.45, 2.75) is 18.3 Å². The highest BCUT2D eigenvalue weighted by molar-refractivity contribution is 9.10. The van der Waals surface area contributed by atoms with E-state index in [2.05, 4.69) is 33.4 Å².